The first-order valence-electron chi connectivity index (χ1n) is 12.7. The number of nitrogens with one attached hydrogen (secondary N) is 2. The van der Waals surface area contributed by atoms with E-state index in [-0.39, 0.29) is 0 Å². The molecule has 0 atom stereocenters. The van der Waals surface area contributed by atoms with Crippen LogP contribution < -0.4 is 10.1 Å². The summed E-state index contributed by atoms with van der Waals surface area (Å²) in [4.78, 5) is 12.4. The molecule has 0 spiro atoms. The number of nitrogens with zero attached hydrogens (tertiary/aromatic N) is 4. The maximum Gasteiger partial charge on any atom is 0.161 e. The lowest BCUT2D eigenvalue weighted by Gasteiger charge is -2.12. The molecule has 3 heterocycles. The van der Waals surface area contributed by atoms with E-state index < -0.39 is 0 Å². The van der Waals surface area contributed by atoms with Crippen LogP contribution in [0.3, 0.4) is 0 Å². The minimum Gasteiger partial charge on any atom is -0.457 e. The van der Waals surface area contributed by atoms with Gasteiger partial charge >= 0.3 is 0 Å². The first kappa shape index (κ1) is 23.8. The molecule has 0 aliphatic rings. The van der Waals surface area contributed by atoms with Crippen LogP contribution in [-0.4, -0.2) is 25.1 Å². The number of aromatic amines is 1. The van der Waals surface area contributed by atoms with Crippen LogP contribution in [0.2, 0.25) is 5.02 Å². The fourth-order valence-electron chi connectivity index (χ4n) is 4.57. The van der Waals surface area contributed by atoms with Crippen molar-refractivity contribution < 1.29 is 4.74 Å². The number of pyridine rings is 1. The summed E-state index contributed by atoms with van der Waals surface area (Å²) in [6.07, 6.45) is 1.71. The summed E-state index contributed by atoms with van der Waals surface area (Å²) >= 11 is 6.07. The predicted octanol–water partition coefficient (Wildman–Crippen LogP) is 8.42. The van der Waals surface area contributed by atoms with Crippen molar-refractivity contribution in [2.45, 2.75) is 0 Å². The zero-order chi connectivity index (χ0) is 26.9. The van der Waals surface area contributed by atoms with E-state index in [4.69, 9.17) is 16.3 Å². The normalized spacial score (nSPS) is 11.1. The van der Waals surface area contributed by atoms with Crippen molar-refractivity contribution in [3.05, 3.63) is 120 Å². The van der Waals surface area contributed by atoms with Gasteiger partial charge in [0.05, 0.1) is 11.0 Å². The Labute approximate surface area is 234 Å². The molecule has 0 saturated heterocycles. The van der Waals surface area contributed by atoms with Crippen LogP contribution in [-0.2, 0) is 0 Å². The Morgan fingerprint density at radius 2 is 1.50 bits per heavy atom. The van der Waals surface area contributed by atoms with Crippen LogP contribution in [0.25, 0.3) is 44.6 Å². The molecule has 0 radical (unpaired) electrons. The molecule has 0 amide bonds. The number of fused-ring (bicyclic) bond motifs is 2. The number of hydrogen-bond acceptors (Lipinski definition) is 6. The molecule has 7 rings (SSSR count). The van der Waals surface area contributed by atoms with E-state index >= 15 is 0 Å². The molecule has 0 aliphatic heterocycles. The van der Waals surface area contributed by atoms with Gasteiger partial charge in [-0.05, 0) is 54.6 Å². The topological polar surface area (TPSA) is 88.6 Å². The molecule has 0 fully saturated rings. The highest BCUT2D eigenvalue weighted by molar-refractivity contribution is 6.30. The maximum absolute atomic E-state index is 6.12. The van der Waals surface area contributed by atoms with E-state index in [2.05, 4.69) is 30.5 Å². The van der Waals surface area contributed by atoms with Crippen molar-refractivity contribution in [2.75, 3.05) is 5.32 Å². The van der Waals surface area contributed by atoms with E-state index in [1.165, 1.54) is 0 Å². The van der Waals surface area contributed by atoms with Gasteiger partial charge in [-0.3, -0.25) is 4.98 Å². The Balaban J connectivity index is 1.11. The number of benzene rings is 4. The second kappa shape index (κ2) is 10.1. The van der Waals surface area contributed by atoms with Gasteiger partial charge in [-0.15, -0.1) is 10.2 Å². The largest absolute Gasteiger partial charge is 0.457 e. The Hall–Kier alpha value is -5.27. The van der Waals surface area contributed by atoms with Gasteiger partial charge in [-0.25, -0.2) is 4.98 Å². The van der Waals surface area contributed by atoms with Crippen molar-refractivity contribution in [1.82, 2.24) is 25.1 Å². The van der Waals surface area contributed by atoms with E-state index in [0.717, 1.165) is 38.8 Å². The van der Waals surface area contributed by atoms with Gasteiger partial charge in [0.25, 0.3) is 0 Å². The first-order chi connectivity index (χ1) is 19.7. The van der Waals surface area contributed by atoms with Crippen LogP contribution >= 0.6 is 11.6 Å². The van der Waals surface area contributed by atoms with Gasteiger partial charge < -0.3 is 15.0 Å². The van der Waals surface area contributed by atoms with Crippen LogP contribution in [0.4, 0.5) is 11.5 Å². The number of ether oxygens (including phenoxy) is 1. The Bertz CT molecular complexity index is 1940. The number of para-hydroxylation sites is 2. The molecule has 40 heavy (non-hydrogen) atoms. The standard InChI is InChI=1S/C32H21ClN6O/c33-21-11-9-20(10-12-21)30-25-5-1-2-6-26(25)31(39-38-30)35-22-13-15-23(16-14-22)40-24-17-18-34-29(19-24)32-36-27-7-3-4-8-28(27)37-32/h1-19H,(H,35,39)(H,36,37). The second-order valence-corrected chi connectivity index (χ2v) is 9.62. The van der Waals surface area contributed by atoms with Crippen LogP contribution in [0.1, 0.15) is 0 Å². The van der Waals surface area contributed by atoms with Gasteiger partial charge in [0.1, 0.15) is 22.9 Å². The van der Waals surface area contributed by atoms with Gasteiger partial charge in [-0.2, -0.15) is 0 Å². The van der Waals surface area contributed by atoms with Crippen molar-refractivity contribution in [2.24, 2.45) is 0 Å². The molecule has 3 aromatic heterocycles. The monoisotopic (exact) mass is 540 g/mol. The SMILES string of the molecule is Clc1ccc(-c2nnc(Nc3ccc(Oc4ccnc(-c5nc6ccccc6[nH]5)c4)cc3)c3ccccc23)cc1. The van der Waals surface area contributed by atoms with Gasteiger partial charge in [0.2, 0.25) is 0 Å². The Morgan fingerprint density at radius 1 is 0.725 bits per heavy atom. The summed E-state index contributed by atoms with van der Waals surface area (Å²) in [6.45, 7) is 0. The summed E-state index contributed by atoms with van der Waals surface area (Å²) in [5.74, 6) is 2.73. The second-order valence-electron chi connectivity index (χ2n) is 9.18. The Morgan fingerprint density at radius 3 is 2.33 bits per heavy atom. The highest BCUT2D eigenvalue weighted by atomic mass is 35.5. The summed E-state index contributed by atoms with van der Waals surface area (Å²) < 4.78 is 6.12. The fourth-order valence-corrected chi connectivity index (χ4v) is 4.70. The molecule has 7 aromatic rings. The van der Waals surface area contributed by atoms with Crippen molar-refractivity contribution in [3.8, 4) is 34.3 Å². The van der Waals surface area contributed by atoms with E-state index in [0.29, 0.717) is 33.9 Å². The number of rotatable bonds is 6. The first-order valence-corrected chi connectivity index (χ1v) is 13.0. The summed E-state index contributed by atoms with van der Waals surface area (Å²) in [5.41, 5.74) is 5.20. The quantitative estimate of drug-likeness (QED) is 0.220. The number of anilines is 2. The Kier molecular flexibility index (Phi) is 6.03. The average molecular weight is 541 g/mol. The van der Waals surface area contributed by atoms with E-state index in [1.807, 2.05) is 109 Å². The van der Waals surface area contributed by atoms with Gasteiger partial charge in [0, 0.05) is 39.3 Å². The van der Waals surface area contributed by atoms with E-state index in [1.54, 1.807) is 6.20 Å². The fraction of sp³-hybridized carbons (Fsp3) is 0. The highest BCUT2D eigenvalue weighted by Crippen LogP contribution is 2.32. The van der Waals surface area contributed by atoms with Crippen molar-refractivity contribution >= 4 is 44.9 Å². The molecular formula is C32H21ClN6O. The molecule has 0 saturated carbocycles. The molecule has 0 unspecified atom stereocenters. The van der Waals surface area contributed by atoms with Crippen LogP contribution in [0.5, 0.6) is 11.5 Å². The number of hydrogen-bond donors (Lipinski definition) is 2. The lowest BCUT2D eigenvalue weighted by atomic mass is 10.0. The average Bonchev–Trinajstić information content (AvgIpc) is 3.44. The molecule has 8 heteroatoms. The molecule has 7 nitrogen and oxygen atoms in total. The zero-order valence-electron chi connectivity index (χ0n) is 21.0. The van der Waals surface area contributed by atoms with E-state index in [9.17, 15) is 0 Å². The molecule has 192 valence electrons. The highest BCUT2D eigenvalue weighted by Gasteiger charge is 2.12. The third-order valence-corrected chi connectivity index (χ3v) is 6.77. The molecule has 2 N–H and O–H groups in total. The number of imidazole rings is 1. The third kappa shape index (κ3) is 4.70. The third-order valence-electron chi connectivity index (χ3n) is 6.52. The summed E-state index contributed by atoms with van der Waals surface area (Å²) in [7, 11) is 0. The minimum absolute atomic E-state index is 0.667. The minimum atomic E-state index is 0.667. The lowest BCUT2D eigenvalue weighted by Crippen LogP contribution is -1.99. The predicted molar refractivity (Wildman–Crippen MR) is 159 cm³/mol. The molecule has 4 aromatic carbocycles. The summed E-state index contributed by atoms with van der Waals surface area (Å²) in [6, 6.07) is 35.0. The number of H-pyrrole nitrogens is 1. The number of halogens is 1. The van der Waals surface area contributed by atoms with Crippen LogP contribution in [0.15, 0.2) is 115 Å². The zero-order valence-corrected chi connectivity index (χ0v) is 21.8. The molecule has 0 bridgehead atoms. The molecular weight excluding hydrogens is 520 g/mol. The lowest BCUT2D eigenvalue weighted by molar-refractivity contribution is 0.482. The number of aromatic nitrogens is 5. The van der Waals surface area contributed by atoms with Crippen LogP contribution in [0, 0.1) is 0 Å². The van der Waals surface area contributed by atoms with Gasteiger partial charge in [0.15, 0.2) is 11.6 Å². The molecule has 0 aliphatic carbocycles. The van der Waals surface area contributed by atoms with Crippen molar-refractivity contribution in [1.29, 1.82) is 0 Å². The van der Waals surface area contributed by atoms with Gasteiger partial charge in [-0.1, -0.05) is 60.1 Å². The maximum atomic E-state index is 6.12. The van der Waals surface area contributed by atoms with Crippen molar-refractivity contribution in [3.63, 3.8) is 0 Å². The summed E-state index contributed by atoms with van der Waals surface area (Å²) in [5, 5.41) is 15.1. The smallest absolute Gasteiger partial charge is 0.161 e.